The number of Topliss-reactive ketones (excluding diaryl/α,β-unsaturated/α-hetero) is 2. The monoisotopic (exact) mass is 343 g/mol. The lowest BCUT2D eigenvalue weighted by atomic mass is 10.0. The number of esters is 1. The Morgan fingerprint density at radius 2 is 1.84 bits per heavy atom. The Kier molecular flexibility index (Phi) is 5.41. The van der Waals surface area contributed by atoms with Gasteiger partial charge in [0.15, 0.2) is 11.9 Å². The summed E-state index contributed by atoms with van der Waals surface area (Å²) in [4.78, 5) is 39.4. The van der Waals surface area contributed by atoms with Crippen molar-refractivity contribution >= 4 is 17.5 Å². The van der Waals surface area contributed by atoms with Gasteiger partial charge in [-0.05, 0) is 51.5 Å². The number of H-pyrrole nitrogens is 1. The van der Waals surface area contributed by atoms with Crippen LogP contribution < -0.4 is 4.74 Å². The summed E-state index contributed by atoms with van der Waals surface area (Å²) in [5.41, 5.74) is 2.27. The van der Waals surface area contributed by atoms with Crippen molar-refractivity contribution in [1.29, 1.82) is 0 Å². The van der Waals surface area contributed by atoms with Gasteiger partial charge in [-0.3, -0.25) is 9.59 Å². The molecule has 0 aliphatic carbocycles. The molecule has 0 saturated heterocycles. The van der Waals surface area contributed by atoms with E-state index < -0.39 is 12.1 Å². The summed E-state index contributed by atoms with van der Waals surface area (Å²) in [5, 5.41) is 0. The molecule has 0 aliphatic rings. The standard InChI is InChI=1S/C19H21NO5/c1-10-16(12(3)21)11(2)20-17(10)18(22)13(4)25-19(23)14-7-6-8-15(9-14)24-5/h6-9,13,20H,1-5H3. The van der Waals surface area contributed by atoms with Crippen molar-refractivity contribution in [3.8, 4) is 5.75 Å². The Balaban J connectivity index is 2.19. The molecule has 132 valence electrons. The molecule has 1 atom stereocenters. The third-order valence-corrected chi connectivity index (χ3v) is 3.99. The molecule has 0 amide bonds. The number of aryl methyl sites for hydroxylation is 1. The highest BCUT2D eigenvalue weighted by Crippen LogP contribution is 2.21. The molecule has 1 heterocycles. The van der Waals surface area contributed by atoms with Crippen LogP contribution in [-0.2, 0) is 4.74 Å². The topological polar surface area (TPSA) is 85.5 Å². The number of rotatable bonds is 6. The van der Waals surface area contributed by atoms with E-state index in [1.165, 1.54) is 27.0 Å². The number of aromatic amines is 1. The van der Waals surface area contributed by atoms with Crippen LogP contribution in [0.1, 0.15) is 56.3 Å². The van der Waals surface area contributed by atoms with Gasteiger partial charge >= 0.3 is 5.97 Å². The molecule has 0 fully saturated rings. The minimum atomic E-state index is -0.991. The zero-order chi connectivity index (χ0) is 18.7. The Bertz CT molecular complexity index is 834. The molecular weight excluding hydrogens is 322 g/mol. The van der Waals surface area contributed by atoms with Gasteiger partial charge in [-0.1, -0.05) is 6.07 Å². The van der Waals surface area contributed by atoms with Gasteiger partial charge in [0.25, 0.3) is 0 Å². The highest BCUT2D eigenvalue weighted by Gasteiger charge is 2.26. The van der Waals surface area contributed by atoms with Gasteiger partial charge in [0.2, 0.25) is 5.78 Å². The molecule has 1 aromatic carbocycles. The van der Waals surface area contributed by atoms with E-state index in [2.05, 4.69) is 4.98 Å². The number of benzene rings is 1. The summed E-state index contributed by atoms with van der Waals surface area (Å²) in [6, 6.07) is 6.50. The fourth-order valence-corrected chi connectivity index (χ4v) is 2.76. The predicted octanol–water partition coefficient (Wildman–Crippen LogP) is 3.27. The number of aromatic nitrogens is 1. The van der Waals surface area contributed by atoms with Crippen molar-refractivity contribution < 1.29 is 23.9 Å². The smallest absolute Gasteiger partial charge is 0.338 e. The molecule has 0 aliphatic heterocycles. The highest BCUT2D eigenvalue weighted by atomic mass is 16.5. The van der Waals surface area contributed by atoms with Crippen LogP contribution in [-0.4, -0.2) is 35.7 Å². The van der Waals surface area contributed by atoms with Gasteiger partial charge < -0.3 is 14.5 Å². The quantitative estimate of drug-likeness (QED) is 0.643. The summed E-state index contributed by atoms with van der Waals surface area (Å²) >= 11 is 0. The number of carbonyl (C=O) groups is 3. The van der Waals surface area contributed by atoms with Crippen LogP contribution in [0.25, 0.3) is 0 Å². The van der Waals surface area contributed by atoms with Crippen LogP contribution in [0.4, 0.5) is 0 Å². The van der Waals surface area contributed by atoms with Gasteiger partial charge in [-0.25, -0.2) is 4.79 Å². The van der Waals surface area contributed by atoms with E-state index in [1.54, 1.807) is 32.0 Å². The molecule has 2 aromatic rings. The normalized spacial score (nSPS) is 11.7. The molecule has 6 heteroatoms. The van der Waals surface area contributed by atoms with Crippen molar-refractivity contribution in [2.45, 2.75) is 33.8 Å². The Labute approximate surface area is 146 Å². The van der Waals surface area contributed by atoms with E-state index in [4.69, 9.17) is 9.47 Å². The van der Waals surface area contributed by atoms with E-state index >= 15 is 0 Å². The first-order chi connectivity index (χ1) is 11.8. The van der Waals surface area contributed by atoms with Gasteiger partial charge in [0, 0.05) is 11.3 Å². The first-order valence-corrected chi connectivity index (χ1v) is 7.85. The molecule has 25 heavy (non-hydrogen) atoms. The van der Waals surface area contributed by atoms with Crippen molar-refractivity contribution in [1.82, 2.24) is 4.98 Å². The van der Waals surface area contributed by atoms with Crippen LogP contribution in [0.5, 0.6) is 5.75 Å². The number of methoxy groups -OCH3 is 1. The fraction of sp³-hybridized carbons (Fsp3) is 0.316. The molecule has 2 rings (SSSR count). The van der Waals surface area contributed by atoms with E-state index in [1.807, 2.05) is 0 Å². The minimum absolute atomic E-state index is 0.119. The minimum Gasteiger partial charge on any atom is -0.497 e. The Morgan fingerprint density at radius 1 is 1.16 bits per heavy atom. The number of ketones is 2. The first kappa shape index (κ1) is 18.4. The zero-order valence-corrected chi connectivity index (χ0v) is 14.9. The largest absolute Gasteiger partial charge is 0.497 e. The maximum absolute atomic E-state index is 12.6. The van der Waals surface area contributed by atoms with Crippen molar-refractivity contribution in [3.05, 3.63) is 52.3 Å². The lowest BCUT2D eigenvalue weighted by Crippen LogP contribution is -2.25. The van der Waals surface area contributed by atoms with Crippen molar-refractivity contribution in [2.24, 2.45) is 0 Å². The Morgan fingerprint density at radius 3 is 2.40 bits per heavy atom. The van der Waals surface area contributed by atoms with Crippen LogP contribution in [0.3, 0.4) is 0 Å². The first-order valence-electron chi connectivity index (χ1n) is 7.85. The maximum Gasteiger partial charge on any atom is 0.338 e. The third-order valence-electron chi connectivity index (χ3n) is 3.99. The van der Waals surface area contributed by atoms with Crippen molar-refractivity contribution in [2.75, 3.05) is 7.11 Å². The second kappa shape index (κ2) is 7.34. The SMILES string of the molecule is COc1cccc(C(=O)OC(C)C(=O)c2[nH]c(C)c(C(C)=O)c2C)c1. The number of hydrogen-bond acceptors (Lipinski definition) is 5. The van der Waals surface area contributed by atoms with Crippen LogP contribution in [0.2, 0.25) is 0 Å². The van der Waals surface area contributed by atoms with Crippen LogP contribution in [0, 0.1) is 13.8 Å². The fourth-order valence-electron chi connectivity index (χ4n) is 2.76. The van der Waals surface area contributed by atoms with E-state index in [0.29, 0.717) is 28.1 Å². The average Bonchev–Trinajstić information content (AvgIpc) is 2.88. The number of hydrogen-bond donors (Lipinski definition) is 1. The molecular formula is C19H21NO5. The van der Waals surface area contributed by atoms with E-state index in [0.717, 1.165) is 0 Å². The van der Waals surface area contributed by atoms with Crippen molar-refractivity contribution in [3.63, 3.8) is 0 Å². The molecule has 0 saturated carbocycles. The van der Waals surface area contributed by atoms with Gasteiger partial charge in [0.05, 0.1) is 18.4 Å². The van der Waals surface area contributed by atoms with E-state index in [-0.39, 0.29) is 17.3 Å². The summed E-state index contributed by atoms with van der Waals surface area (Å²) in [7, 11) is 1.50. The maximum atomic E-state index is 12.6. The van der Waals surface area contributed by atoms with Crippen LogP contribution >= 0.6 is 0 Å². The number of ether oxygens (including phenoxy) is 2. The van der Waals surface area contributed by atoms with Gasteiger partial charge in [0.1, 0.15) is 5.75 Å². The predicted molar refractivity (Wildman–Crippen MR) is 92.5 cm³/mol. The second-order valence-electron chi connectivity index (χ2n) is 5.82. The molecule has 1 N–H and O–H groups in total. The zero-order valence-electron chi connectivity index (χ0n) is 14.9. The summed E-state index contributed by atoms with van der Waals surface area (Å²) in [6.07, 6.45) is -0.991. The van der Waals surface area contributed by atoms with E-state index in [9.17, 15) is 14.4 Å². The highest BCUT2D eigenvalue weighted by molar-refractivity contribution is 6.05. The molecule has 6 nitrogen and oxygen atoms in total. The van der Waals surface area contributed by atoms with Gasteiger partial charge in [-0.15, -0.1) is 0 Å². The lowest BCUT2D eigenvalue weighted by Gasteiger charge is -2.12. The molecule has 0 radical (unpaired) electrons. The lowest BCUT2D eigenvalue weighted by molar-refractivity contribution is 0.0316. The van der Waals surface area contributed by atoms with Gasteiger partial charge in [-0.2, -0.15) is 0 Å². The molecule has 1 unspecified atom stereocenters. The van der Waals surface area contributed by atoms with Crippen LogP contribution in [0.15, 0.2) is 24.3 Å². The molecule has 0 spiro atoms. The molecule has 1 aromatic heterocycles. The average molecular weight is 343 g/mol. The Hall–Kier alpha value is -2.89. The summed E-state index contributed by atoms with van der Waals surface area (Å²) in [5.74, 6) is -0.599. The summed E-state index contributed by atoms with van der Waals surface area (Å²) in [6.45, 7) is 6.38. The third kappa shape index (κ3) is 3.79. The molecule has 0 bridgehead atoms. The number of nitrogens with one attached hydrogen (secondary N) is 1. The number of carbonyl (C=O) groups excluding carboxylic acids is 3. The summed E-state index contributed by atoms with van der Waals surface area (Å²) < 4.78 is 10.3. The second-order valence-corrected chi connectivity index (χ2v) is 5.82.